The highest BCUT2D eigenvalue weighted by atomic mass is 32.2. The van der Waals surface area contributed by atoms with E-state index in [1.807, 2.05) is 31.2 Å². The van der Waals surface area contributed by atoms with Crippen molar-refractivity contribution in [2.45, 2.75) is 24.3 Å². The number of H-pyrrole nitrogens is 1. The van der Waals surface area contributed by atoms with Crippen molar-refractivity contribution in [3.63, 3.8) is 0 Å². The molecule has 0 spiro atoms. The average Bonchev–Trinajstić information content (AvgIpc) is 2.28. The quantitative estimate of drug-likeness (QED) is 0.506. The molecule has 18 heavy (non-hydrogen) atoms. The van der Waals surface area contributed by atoms with Gasteiger partial charge in [-0.05, 0) is 31.5 Å². The van der Waals surface area contributed by atoms with Crippen molar-refractivity contribution < 1.29 is 0 Å². The normalized spacial score (nSPS) is 12.3. The molecule has 0 aliphatic carbocycles. The summed E-state index contributed by atoms with van der Waals surface area (Å²) < 4.78 is 0. The molecule has 1 atom stereocenters. The number of aryl methyl sites for hydroxylation is 1. The van der Waals surface area contributed by atoms with Crippen LogP contribution >= 0.6 is 11.8 Å². The van der Waals surface area contributed by atoms with E-state index in [0.29, 0.717) is 5.16 Å². The summed E-state index contributed by atoms with van der Waals surface area (Å²) in [6.45, 7) is 3.88. The molecular weight excluding hydrogens is 246 g/mol. The summed E-state index contributed by atoms with van der Waals surface area (Å²) in [6.07, 6.45) is 0. The lowest BCUT2D eigenvalue weighted by Gasteiger charge is -2.11. The minimum Gasteiger partial charge on any atom is -0.399 e. The fraction of sp³-hybridized carbons (Fsp3) is 0.231. The second-order valence-electron chi connectivity index (χ2n) is 4.12. The summed E-state index contributed by atoms with van der Waals surface area (Å²) in [6, 6.07) is 9.21. The molecule has 2 rings (SSSR count). The van der Waals surface area contributed by atoms with Crippen LogP contribution in [-0.4, -0.2) is 9.97 Å². The molecule has 0 aliphatic heterocycles. The Kier molecular flexibility index (Phi) is 3.72. The van der Waals surface area contributed by atoms with E-state index >= 15 is 0 Å². The van der Waals surface area contributed by atoms with E-state index in [4.69, 9.17) is 5.73 Å². The van der Waals surface area contributed by atoms with Gasteiger partial charge >= 0.3 is 0 Å². The number of nitrogen functional groups attached to an aromatic ring is 1. The number of aromatic amines is 1. The Morgan fingerprint density at radius 3 is 2.61 bits per heavy atom. The van der Waals surface area contributed by atoms with Gasteiger partial charge in [0.1, 0.15) is 0 Å². The summed E-state index contributed by atoms with van der Waals surface area (Å²) in [5.41, 5.74) is 8.16. The lowest BCUT2D eigenvalue weighted by Crippen LogP contribution is -2.08. The number of anilines is 1. The first-order valence-corrected chi connectivity index (χ1v) is 6.52. The Morgan fingerprint density at radius 1 is 1.33 bits per heavy atom. The van der Waals surface area contributed by atoms with Crippen LogP contribution in [-0.2, 0) is 0 Å². The highest BCUT2D eigenvalue weighted by molar-refractivity contribution is 7.99. The Labute approximate surface area is 110 Å². The van der Waals surface area contributed by atoms with E-state index in [0.717, 1.165) is 16.9 Å². The van der Waals surface area contributed by atoms with Gasteiger partial charge in [0, 0.05) is 22.7 Å². The molecule has 3 N–H and O–H groups in total. The fourth-order valence-electron chi connectivity index (χ4n) is 1.61. The maximum Gasteiger partial charge on any atom is 0.251 e. The number of benzene rings is 1. The van der Waals surface area contributed by atoms with Crippen molar-refractivity contribution in [1.29, 1.82) is 0 Å². The van der Waals surface area contributed by atoms with Gasteiger partial charge in [0.05, 0.1) is 0 Å². The molecule has 0 saturated heterocycles. The molecule has 0 aliphatic rings. The molecule has 0 amide bonds. The SMILES string of the molecule is Cc1cc(=O)[nH]c(SC(C)c2ccc(N)cc2)n1. The van der Waals surface area contributed by atoms with E-state index in [9.17, 15) is 4.79 Å². The zero-order valence-electron chi connectivity index (χ0n) is 10.3. The molecule has 4 nitrogen and oxygen atoms in total. The van der Waals surface area contributed by atoms with Gasteiger partial charge in [0.25, 0.3) is 5.56 Å². The first-order chi connectivity index (χ1) is 8.54. The van der Waals surface area contributed by atoms with Crippen LogP contribution in [0.3, 0.4) is 0 Å². The van der Waals surface area contributed by atoms with Crippen LogP contribution in [0.15, 0.2) is 40.3 Å². The number of nitrogens with one attached hydrogen (secondary N) is 1. The third kappa shape index (κ3) is 3.13. The first kappa shape index (κ1) is 12.7. The van der Waals surface area contributed by atoms with Crippen LogP contribution in [0.5, 0.6) is 0 Å². The second-order valence-corrected chi connectivity index (χ2v) is 5.45. The van der Waals surface area contributed by atoms with Crippen LogP contribution in [0.4, 0.5) is 5.69 Å². The summed E-state index contributed by atoms with van der Waals surface area (Å²) >= 11 is 1.52. The Balaban J connectivity index is 2.18. The zero-order valence-corrected chi connectivity index (χ0v) is 11.1. The summed E-state index contributed by atoms with van der Waals surface area (Å²) in [5, 5.41) is 0.847. The van der Waals surface area contributed by atoms with Gasteiger partial charge < -0.3 is 10.7 Å². The lowest BCUT2D eigenvalue weighted by atomic mass is 10.1. The average molecular weight is 261 g/mol. The van der Waals surface area contributed by atoms with Crippen LogP contribution < -0.4 is 11.3 Å². The van der Waals surface area contributed by atoms with Gasteiger partial charge in [0.15, 0.2) is 5.16 Å². The van der Waals surface area contributed by atoms with Crippen molar-refractivity contribution in [2.24, 2.45) is 0 Å². The van der Waals surface area contributed by atoms with E-state index < -0.39 is 0 Å². The van der Waals surface area contributed by atoms with Crippen molar-refractivity contribution in [2.75, 3.05) is 5.73 Å². The molecular formula is C13H15N3OS. The summed E-state index contributed by atoms with van der Waals surface area (Å²) in [7, 11) is 0. The Hall–Kier alpha value is -1.75. The molecule has 0 fully saturated rings. The molecule has 94 valence electrons. The van der Waals surface area contributed by atoms with Gasteiger partial charge in [-0.25, -0.2) is 4.98 Å². The minimum absolute atomic E-state index is 0.116. The minimum atomic E-state index is -0.116. The molecule has 2 aromatic rings. The number of hydrogen-bond acceptors (Lipinski definition) is 4. The van der Waals surface area contributed by atoms with E-state index in [1.54, 1.807) is 0 Å². The number of thioether (sulfide) groups is 1. The smallest absolute Gasteiger partial charge is 0.251 e. The Morgan fingerprint density at radius 2 is 2.00 bits per heavy atom. The maximum atomic E-state index is 11.3. The van der Waals surface area contributed by atoms with Crippen LogP contribution in [0.2, 0.25) is 0 Å². The van der Waals surface area contributed by atoms with Crippen molar-refractivity contribution >= 4 is 17.4 Å². The van der Waals surface area contributed by atoms with Crippen LogP contribution in [0.25, 0.3) is 0 Å². The highest BCUT2D eigenvalue weighted by Gasteiger charge is 2.09. The van der Waals surface area contributed by atoms with Crippen molar-refractivity contribution in [3.05, 3.63) is 51.9 Å². The van der Waals surface area contributed by atoms with Gasteiger partial charge in [-0.2, -0.15) is 0 Å². The monoisotopic (exact) mass is 261 g/mol. The standard InChI is InChI=1S/C13H15N3OS/c1-8-7-12(17)16-13(15-8)18-9(2)10-3-5-11(14)6-4-10/h3-7,9H,14H2,1-2H3,(H,15,16,17). The van der Waals surface area contributed by atoms with Gasteiger partial charge in [0.2, 0.25) is 0 Å². The summed E-state index contributed by atoms with van der Waals surface area (Å²) in [5.74, 6) is 0. The van der Waals surface area contributed by atoms with Gasteiger partial charge in [-0.3, -0.25) is 4.79 Å². The topological polar surface area (TPSA) is 71.8 Å². The Bertz CT molecular complexity index is 592. The number of rotatable bonds is 3. The second kappa shape index (κ2) is 5.27. The number of nitrogens with zero attached hydrogens (tertiary/aromatic N) is 1. The van der Waals surface area contributed by atoms with Crippen molar-refractivity contribution in [3.8, 4) is 0 Å². The fourth-order valence-corrected chi connectivity index (χ4v) is 2.59. The largest absolute Gasteiger partial charge is 0.399 e. The first-order valence-electron chi connectivity index (χ1n) is 5.64. The number of hydrogen-bond donors (Lipinski definition) is 2. The maximum absolute atomic E-state index is 11.3. The zero-order chi connectivity index (χ0) is 13.1. The van der Waals surface area contributed by atoms with Crippen LogP contribution in [0.1, 0.15) is 23.4 Å². The molecule has 5 heteroatoms. The van der Waals surface area contributed by atoms with Gasteiger partial charge in [-0.15, -0.1) is 0 Å². The summed E-state index contributed by atoms with van der Waals surface area (Å²) in [4.78, 5) is 18.4. The van der Waals surface area contributed by atoms with E-state index in [-0.39, 0.29) is 10.8 Å². The van der Waals surface area contributed by atoms with E-state index in [2.05, 4.69) is 16.9 Å². The third-order valence-corrected chi connectivity index (χ3v) is 3.58. The third-order valence-electron chi connectivity index (χ3n) is 2.54. The number of aromatic nitrogens is 2. The molecule has 0 bridgehead atoms. The number of nitrogens with two attached hydrogens (primary N) is 1. The molecule has 1 unspecified atom stereocenters. The van der Waals surface area contributed by atoms with Crippen LogP contribution in [0, 0.1) is 6.92 Å². The molecule has 1 aromatic heterocycles. The lowest BCUT2D eigenvalue weighted by molar-refractivity contribution is 0.897. The van der Waals surface area contributed by atoms with Crippen molar-refractivity contribution in [1.82, 2.24) is 9.97 Å². The molecule has 0 radical (unpaired) electrons. The predicted octanol–water partition coefficient (Wildman–Crippen LogP) is 2.51. The van der Waals surface area contributed by atoms with Gasteiger partial charge in [-0.1, -0.05) is 23.9 Å². The highest BCUT2D eigenvalue weighted by Crippen LogP contribution is 2.32. The molecule has 1 heterocycles. The molecule has 1 aromatic carbocycles. The predicted molar refractivity (Wildman–Crippen MR) is 74.7 cm³/mol. The molecule has 0 saturated carbocycles. The van der Waals surface area contributed by atoms with E-state index in [1.165, 1.54) is 17.8 Å².